The van der Waals surface area contributed by atoms with Crippen LogP contribution in [0.5, 0.6) is 0 Å². The van der Waals surface area contributed by atoms with Crippen molar-refractivity contribution in [1.29, 1.82) is 0 Å². The summed E-state index contributed by atoms with van der Waals surface area (Å²) in [6.07, 6.45) is 0. The molecule has 0 fully saturated rings. The zero-order valence-corrected chi connectivity index (χ0v) is 15.7. The third kappa shape index (κ3) is 4.01. The Labute approximate surface area is 156 Å². The molecule has 26 heavy (non-hydrogen) atoms. The molecule has 3 rings (SSSR count). The van der Waals surface area contributed by atoms with Crippen molar-refractivity contribution >= 4 is 27.3 Å². The van der Waals surface area contributed by atoms with Gasteiger partial charge in [0.2, 0.25) is 10.0 Å². The van der Waals surface area contributed by atoms with Gasteiger partial charge in [-0.25, -0.2) is 13.1 Å². The highest BCUT2D eigenvalue weighted by molar-refractivity contribution is 7.89. The van der Waals surface area contributed by atoms with Gasteiger partial charge < -0.3 is 5.32 Å². The van der Waals surface area contributed by atoms with Gasteiger partial charge in [-0.2, -0.15) is 0 Å². The summed E-state index contributed by atoms with van der Waals surface area (Å²) in [7, 11) is -2.08. The van der Waals surface area contributed by atoms with Crippen molar-refractivity contribution in [3.63, 3.8) is 0 Å². The van der Waals surface area contributed by atoms with Crippen LogP contribution in [-0.2, 0) is 16.6 Å². The van der Waals surface area contributed by atoms with Crippen LogP contribution in [0.3, 0.4) is 0 Å². The van der Waals surface area contributed by atoms with E-state index >= 15 is 0 Å². The van der Waals surface area contributed by atoms with Gasteiger partial charge in [0.25, 0.3) is 5.91 Å². The Morgan fingerprint density at radius 1 is 1.00 bits per heavy atom. The van der Waals surface area contributed by atoms with Gasteiger partial charge in [-0.05, 0) is 41.8 Å². The van der Waals surface area contributed by atoms with Gasteiger partial charge in [-0.15, -0.1) is 11.3 Å². The molecule has 2 N–H and O–H groups in total. The van der Waals surface area contributed by atoms with Gasteiger partial charge in [0, 0.05) is 12.1 Å². The van der Waals surface area contributed by atoms with E-state index in [0.717, 1.165) is 16.7 Å². The number of amides is 1. The lowest BCUT2D eigenvalue weighted by Gasteiger charge is -2.08. The van der Waals surface area contributed by atoms with Crippen LogP contribution < -0.4 is 10.0 Å². The zero-order valence-electron chi connectivity index (χ0n) is 14.1. The maximum absolute atomic E-state index is 12.5. The molecule has 134 valence electrons. The Morgan fingerprint density at radius 2 is 1.69 bits per heavy atom. The first-order valence-corrected chi connectivity index (χ1v) is 10.3. The first-order valence-electron chi connectivity index (χ1n) is 7.95. The molecule has 2 aromatic carbocycles. The minimum atomic E-state index is -3.45. The molecule has 0 bridgehead atoms. The van der Waals surface area contributed by atoms with E-state index in [1.54, 1.807) is 12.1 Å². The highest BCUT2D eigenvalue weighted by Crippen LogP contribution is 2.28. The fourth-order valence-electron chi connectivity index (χ4n) is 2.50. The monoisotopic (exact) mass is 386 g/mol. The van der Waals surface area contributed by atoms with Gasteiger partial charge in [0.1, 0.15) is 0 Å². The number of benzene rings is 2. The third-order valence-corrected chi connectivity index (χ3v) is 6.26. The highest BCUT2D eigenvalue weighted by atomic mass is 32.2. The lowest BCUT2D eigenvalue weighted by molar-refractivity contribution is 0.0955. The second kappa shape index (κ2) is 7.82. The summed E-state index contributed by atoms with van der Waals surface area (Å²) in [5.74, 6) is -0.147. The Balaban J connectivity index is 1.70. The fraction of sp³-hybridized carbons (Fsp3) is 0.105. The van der Waals surface area contributed by atoms with Crippen LogP contribution in [0.25, 0.3) is 11.1 Å². The van der Waals surface area contributed by atoms with Crippen molar-refractivity contribution in [2.45, 2.75) is 11.4 Å². The fourth-order valence-corrected chi connectivity index (χ4v) is 4.06. The Kier molecular flexibility index (Phi) is 5.51. The Hall–Kier alpha value is -2.48. The summed E-state index contributed by atoms with van der Waals surface area (Å²) in [6, 6.07) is 18.1. The standard InChI is InChI=1S/C19H18N2O3S2/c1-20-26(23,24)16-9-7-14(8-10-16)13-21-19(22)18-17(11-12-25-18)15-5-3-2-4-6-15/h2-12,20H,13H2,1H3,(H,21,22). The summed E-state index contributed by atoms with van der Waals surface area (Å²) < 4.78 is 25.7. The molecule has 0 atom stereocenters. The van der Waals surface area contributed by atoms with E-state index in [1.807, 2.05) is 41.8 Å². The predicted molar refractivity (Wildman–Crippen MR) is 104 cm³/mol. The molecule has 0 unspecified atom stereocenters. The number of carbonyl (C=O) groups excluding carboxylic acids is 1. The molecule has 0 aliphatic rings. The smallest absolute Gasteiger partial charge is 0.262 e. The van der Waals surface area contributed by atoms with Gasteiger partial charge in [0.05, 0.1) is 9.77 Å². The van der Waals surface area contributed by atoms with Crippen LogP contribution in [0, 0.1) is 0 Å². The van der Waals surface area contributed by atoms with E-state index in [0.29, 0.717) is 11.4 Å². The van der Waals surface area contributed by atoms with Crippen molar-refractivity contribution in [3.05, 3.63) is 76.5 Å². The molecule has 7 heteroatoms. The number of hydrogen-bond donors (Lipinski definition) is 2. The summed E-state index contributed by atoms with van der Waals surface area (Å²) in [6.45, 7) is 0.324. The highest BCUT2D eigenvalue weighted by Gasteiger charge is 2.15. The van der Waals surface area contributed by atoms with Crippen molar-refractivity contribution < 1.29 is 13.2 Å². The summed E-state index contributed by atoms with van der Waals surface area (Å²) in [4.78, 5) is 13.4. The van der Waals surface area contributed by atoms with Crippen LogP contribution in [0.2, 0.25) is 0 Å². The van der Waals surface area contributed by atoms with E-state index in [2.05, 4.69) is 10.0 Å². The van der Waals surface area contributed by atoms with E-state index in [4.69, 9.17) is 0 Å². The minimum Gasteiger partial charge on any atom is -0.347 e. The molecule has 0 radical (unpaired) electrons. The number of carbonyl (C=O) groups is 1. The van der Waals surface area contributed by atoms with Gasteiger partial charge in [0.15, 0.2) is 0 Å². The Morgan fingerprint density at radius 3 is 2.35 bits per heavy atom. The molecule has 1 aromatic heterocycles. The lowest BCUT2D eigenvalue weighted by Crippen LogP contribution is -2.22. The molecule has 0 saturated heterocycles. The Bertz CT molecular complexity index is 995. The van der Waals surface area contributed by atoms with Crippen molar-refractivity contribution in [2.24, 2.45) is 0 Å². The summed E-state index contributed by atoms with van der Waals surface area (Å²) in [5, 5.41) is 4.79. The SMILES string of the molecule is CNS(=O)(=O)c1ccc(CNC(=O)c2sccc2-c2ccccc2)cc1. The number of hydrogen-bond acceptors (Lipinski definition) is 4. The van der Waals surface area contributed by atoms with Crippen LogP contribution >= 0.6 is 11.3 Å². The number of nitrogens with one attached hydrogen (secondary N) is 2. The molecule has 1 amide bonds. The maximum Gasteiger partial charge on any atom is 0.262 e. The van der Waals surface area contributed by atoms with Gasteiger partial charge in [-0.3, -0.25) is 4.79 Å². The number of sulfonamides is 1. The molecule has 0 saturated carbocycles. The third-order valence-electron chi connectivity index (χ3n) is 3.91. The number of thiophene rings is 1. The second-order valence-corrected chi connectivity index (χ2v) is 8.37. The van der Waals surface area contributed by atoms with Crippen LogP contribution in [0.15, 0.2) is 70.9 Å². The van der Waals surface area contributed by atoms with Crippen molar-refractivity contribution in [2.75, 3.05) is 7.05 Å². The van der Waals surface area contributed by atoms with E-state index in [1.165, 1.54) is 30.5 Å². The maximum atomic E-state index is 12.5. The topological polar surface area (TPSA) is 75.3 Å². The largest absolute Gasteiger partial charge is 0.347 e. The average Bonchev–Trinajstić information content (AvgIpc) is 3.17. The van der Waals surface area contributed by atoms with Crippen LogP contribution in [0.1, 0.15) is 15.2 Å². The normalized spacial score (nSPS) is 11.3. The minimum absolute atomic E-state index is 0.147. The quantitative estimate of drug-likeness (QED) is 0.683. The van der Waals surface area contributed by atoms with Crippen LogP contribution in [0.4, 0.5) is 0 Å². The molecule has 0 aliphatic carbocycles. The molecular weight excluding hydrogens is 368 g/mol. The molecular formula is C19H18N2O3S2. The molecule has 3 aromatic rings. The first-order chi connectivity index (χ1) is 12.5. The summed E-state index contributed by atoms with van der Waals surface area (Å²) in [5.41, 5.74) is 2.73. The van der Waals surface area contributed by atoms with Crippen LogP contribution in [-0.4, -0.2) is 21.4 Å². The second-order valence-electron chi connectivity index (χ2n) is 5.56. The van der Waals surface area contributed by atoms with Gasteiger partial charge in [-0.1, -0.05) is 42.5 Å². The van der Waals surface area contributed by atoms with Crippen molar-refractivity contribution in [3.8, 4) is 11.1 Å². The lowest BCUT2D eigenvalue weighted by atomic mass is 10.1. The first kappa shape index (κ1) is 18.3. The molecule has 0 aliphatic heterocycles. The van der Waals surface area contributed by atoms with Crippen molar-refractivity contribution in [1.82, 2.24) is 10.0 Å². The zero-order chi connectivity index (χ0) is 18.6. The van der Waals surface area contributed by atoms with E-state index < -0.39 is 10.0 Å². The summed E-state index contributed by atoms with van der Waals surface area (Å²) >= 11 is 1.40. The van der Waals surface area contributed by atoms with Gasteiger partial charge >= 0.3 is 0 Å². The molecule has 5 nitrogen and oxygen atoms in total. The average molecular weight is 386 g/mol. The molecule has 1 heterocycles. The predicted octanol–water partition coefficient (Wildman–Crippen LogP) is 3.25. The number of rotatable bonds is 6. The van der Waals surface area contributed by atoms with E-state index in [-0.39, 0.29) is 10.8 Å². The van der Waals surface area contributed by atoms with E-state index in [9.17, 15) is 13.2 Å². The molecule has 0 spiro atoms.